The summed E-state index contributed by atoms with van der Waals surface area (Å²) >= 11 is 0. The maximum absolute atomic E-state index is 8.55. The lowest BCUT2D eigenvalue weighted by Crippen LogP contribution is -2.37. The van der Waals surface area contributed by atoms with Crippen LogP contribution >= 0.6 is 0 Å². The molecule has 1 saturated heterocycles. The smallest absolute Gasteiger partial charge is 0.0768 e. The molecule has 0 radical (unpaired) electrons. The molecule has 1 heterocycles. The van der Waals surface area contributed by atoms with Crippen LogP contribution < -0.4 is 16.8 Å². The highest BCUT2D eigenvalue weighted by Gasteiger charge is 2.18. The van der Waals surface area contributed by atoms with E-state index in [2.05, 4.69) is 5.32 Å². The maximum atomic E-state index is 8.55. The van der Waals surface area contributed by atoms with E-state index in [1.54, 1.807) is 6.92 Å². The van der Waals surface area contributed by atoms with Crippen LogP contribution in [0.25, 0.3) is 0 Å². The molecule has 1 aliphatic rings. The van der Waals surface area contributed by atoms with Gasteiger partial charge in [-0.25, -0.2) is 0 Å². The largest absolute Gasteiger partial charge is 0.395 e. The van der Waals surface area contributed by atoms with Crippen molar-refractivity contribution in [3.8, 4) is 0 Å². The van der Waals surface area contributed by atoms with Crippen LogP contribution in [-0.4, -0.2) is 82.7 Å². The number of nitrogens with two attached hydrogens (primary N) is 2. The zero-order valence-electron chi connectivity index (χ0n) is 17.4. The normalized spacial score (nSPS) is 19.6. The predicted molar refractivity (Wildman–Crippen MR) is 107 cm³/mol. The van der Waals surface area contributed by atoms with E-state index in [9.17, 15) is 0 Å². The van der Waals surface area contributed by atoms with Crippen molar-refractivity contribution in [3.63, 3.8) is 0 Å². The molecule has 0 aliphatic carbocycles. The highest BCUT2D eigenvalue weighted by atomic mass is 16.3. The fourth-order valence-corrected chi connectivity index (χ4v) is 1.32. The molecule has 0 spiro atoms. The van der Waals surface area contributed by atoms with Gasteiger partial charge in [-0.3, -0.25) is 0 Å². The van der Waals surface area contributed by atoms with Crippen LogP contribution in [0.2, 0.25) is 0 Å². The molecule has 0 bridgehead atoms. The first-order valence-electron chi connectivity index (χ1n) is 9.35. The molecule has 4 unspecified atom stereocenters. The Morgan fingerprint density at radius 3 is 1.62 bits per heavy atom. The third-order valence-electron chi connectivity index (χ3n) is 3.66. The van der Waals surface area contributed by atoms with Crippen molar-refractivity contribution >= 4 is 0 Å². The summed E-state index contributed by atoms with van der Waals surface area (Å²) in [6, 6.07) is 0.248. The standard InChI is InChI=1S/C6H15NO.C5H11NO.C4H10O2.C3H9NO/c1-6(2,3)5(7)4-8;7-4-5-2-1-3-6-5;1-2-4(6)3-5;1-3(4)2-5/h5,8H,4,7H2,1-3H3;5-7H,1-4H2;4-6H,2-3H2,1H3;3,5H,2,4H2,1H3. The molecule has 0 aromatic heterocycles. The molecule has 10 N–H and O–H groups in total. The minimum absolute atomic E-state index is 0.0365. The van der Waals surface area contributed by atoms with E-state index in [-0.39, 0.29) is 37.3 Å². The number of hydrogen-bond acceptors (Lipinski definition) is 8. The molecular formula is C18H45N3O5. The van der Waals surface area contributed by atoms with Gasteiger partial charge < -0.3 is 42.3 Å². The van der Waals surface area contributed by atoms with Gasteiger partial charge in [0, 0.05) is 18.1 Å². The van der Waals surface area contributed by atoms with Crippen LogP contribution in [0.15, 0.2) is 0 Å². The summed E-state index contributed by atoms with van der Waals surface area (Å²) in [5.74, 6) is 0. The minimum atomic E-state index is -0.509. The first kappa shape index (κ1) is 30.4. The van der Waals surface area contributed by atoms with Crippen molar-refractivity contribution < 1.29 is 25.5 Å². The van der Waals surface area contributed by atoms with Crippen molar-refractivity contribution in [2.24, 2.45) is 16.9 Å². The monoisotopic (exact) mass is 383 g/mol. The molecule has 0 amide bonds. The van der Waals surface area contributed by atoms with Gasteiger partial charge in [0.25, 0.3) is 0 Å². The summed E-state index contributed by atoms with van der Waals surface area (Å²) in [5, 5.41) is 44.7. The summed E-state index contributed by atoms with van der Waals surface area (Å²) < 4.78 is 0. The van der Waals surface area contributed by atoms with Crippen LogP contribution in [0.5, 0.6) is 0 Å². The topological polar surface area (TPSA) is 165 Å². The van der Waals surface area contributed by atoms with E-state index >= 15 is 0 Å². The van der Waals surface area contributed by atoms with Crippen LogP contribution in [-0.2, 0) is 0 Å². The van der Waals surface area contributed by atoms with E-state index in [1.807, 2.05) is 27.7 Å². The summed E-state index contributed by atoms with van der Waals surface area (Å²) in [5.41, 5.74) is 10.6. The van der Waals surface area contributed by atoms with Gasteiger partial charge in [-0.15, -0.1) is 0 Å². The summed E-state index contributed by atoms with van der Waals surface area (Å²) in [6.45, 7) is 11.0. The van der Waals surface area contributed by atoms with Crippen LogP contribution in [0.1, 0.15) is 53.9 Å². The van der Waals surface area contributed by atoms with Crippen LogP contribution in [0.4, 0.5) is 0 Å². The molecule has 1 rings (SSSR count). The molecule has 4 atom stereocenters. The van der Waals surface area contributed by atoms with Crippen molar-refractivity contribution in [1.29, 1.82) is 0 Å². The fourth-order valence-electron chi connectivity index (χ4n) is 1.32. The fraction of sp³-hybridized carbons (Fsp3) is 1.00. The Hall–Kier alpha value is -0.320. The van der Waals surface area contributed by atoms with E-state index in [0.29, 0.717) is 19.1 Å². The molecular weight excluding hydrogens is 338 g/mol. The van der Waals surface area contributed by atoms with E-state index in [0.717, 1.165) is 13.0 Å². The van der Waals surface area contributed by atoms with Crippen LogP contribution in [0, 0.1) is 5.41 Å². The highest BCUT2D eigenvalue weighted by Crippen LogP contribution is 2.15. The summed E-state index contributed by atoms with van der Waals surface area (Å²) in [6.07, 6.45) is 2.50. The van der Waals surface area contributed by atoms with Gasteiger partial charge in [0.15, 0.2) is 0 Å². The first-order valence-corrected chi connectivity index (χ1v) is 9.35. The number of aliphatic hydroxyl groups is 5. The highest BCUT2D eigenvalue weighted by molar-refractivity contribution is 4.75. The van der Waals surface area contributed by atoms with Gasteiger partial charge in [0.05, 0.1) is 32.5 Å². The number of nitrogens with one attached hydrogen (secondary N) is 1. The Bertz CT molecular complexity index is 266. The molecule has 1 aliphatic heterocycles. The Balaban J connectivity index is -0.000000275. The Morgan fingerprint density at radius 2 is 1.54 bits per heavy atom. The molecule has 0 aromatic carbocycles. The number of rotatable bonds is 5. The van der Waals surface area contributed by atoms with E-state index in [1.165, 1.54) is 6.42 Å². The minimum Gasteiger partial charge on any atom is -0.395 e. The van der Waals surface area contributed by atoms with Gasteiger partial charge in [-0.05, 0) is 38.1 Å². The Kier molecular flexibility index (Phi) is 22.7. The number of hydrogen-bond donors (Lipinski definition) is 8. The molecule has 8 nitrogen and oxygen atoms in total. The van der Waals surface area contributed by atoms with Crippen molar-refractivity contribution in [1.82, 2.24) is 5.32 Å². The second-order valence-corrected chi connectivity index (χ2v) is 7.54. The van der Waals surface area contributed by atoms with Gasteiger partial charge >= 0.3 is 0 Å². The molecule has 26 heavy (non-hydrogen) atoms. The average molecular weight is 384 g/mol. The lowest BCUT2D eigenvalue weighted by molar-refractivity contribution is 0.0923. The van der Waals surface area contributed by atoms with Gasteiger partial charge in [-0.2, -0.15) is 0 Å². The zero-order valence-corrected chi connectivity index (χ0v) is 17.4. The second-order valence-electron chi connectivity index (χ2n) is 7.54. The molecule has 1 fully saturated rings. The summed E-state index contributed by atoms with van der Waals surface area (Å²) in [4.78, 5) is 0. The lowest BCUT2D eigenvalue weighted by atomic mass is 9.88. The van der Waals surface area contributed by atoms with E-state index < -0.39 is 6.10 Å². The van der Waals surface area contributed by atoms with Crippen molar-refractivity contribution in [3.05, 3.63) is 0 Å². The van der Waals surface area contributed by atoms with Crippen LogP contribution in [0.3, 0.4) is 0 Å². The van der Waals surface area contributed by atoms with Crippen molar-refractivity contribution in [2.45, 2.75) is 78.1 Å². The third kappa shape index (κ3) is 23.7. The average Bonchev–Trinajstić information content (AvgIpc) is 3.14. The quantitative estimate of drug-likeness (QED) is 0.304. The Morgan fingerprint density at radius 1 is 1.04 bits per heavy atom. The predicted octanol–water partition coefficient (Wildman–Crippen LogP) is -0.842. The van der Waals surface area contributed by atoms with Crippen molar-refractivity contribution in [2.75, 3.05) is 33.0 Å². The van der Waals surface area contributed by atoms with E-state index in [4.69, 9.17) is 37.0 Å². The molecule has 8 heteroatoms. The summed E-state index contributed by atoms with van der Waals surface area (Å²) in [7, 11) is 0. The molecule has 162 valence electrons. The van der Waals surface area contributed by atoms with Gasteiger partial charge in [0.1, 0.15) is 0 Å². The molecule has 0 aromatic rings. The zero-order chi connectivity index (χ0) is 21.2. The van der Waals surface area contributed by atoms with Gasteiger partial charge in [-0.1, -0.05) is 27.7 Å². The number of aliphatic hydroxyl groups excluding tert-OH is 5. The SMILES string of the molecule is CC(C)(C)C(N)CO.CC(N)CO.CCC(O)CO.OCC1CCCN1. The third-order valence-corrected chi connectivity index (χ3v) is 3.66. The maximum Gasteiger partial charge on any atom is 0.0768 e. The lowest BCUT2D eigenvalue weighted by Gasteiger charge is -2.24. The second kappa shape index (κ2) is 19.4. The molecule has 0 saturated carbocycles. The van der Waals surface area contributed by atoms with Gasteiger partial charge in [0.2, 0.25) is 0 Å². The first-order chi connectivity index (χ1) is 12.0. The Labute approximate surface area is 159 Å².